The van der Waals surface area contributed by atoms with Crippen molar-refractivity contribution in [1.29, 1.82) is 0 Å². The number of aromatic nitrogens is 2. The zero-order valence-corrected chi connectivity index (χ0v) is 20.1. The fourth-order valence-corrected chi connectivity index (χ4v) is 4.22. The fraction of sp³-hybridized carbons (Fsp3) is 0.429. The number of amides is 1. The number of allylic oxidation sites excluding steroid dienone is 1. The first kappa shape index (κ1) is 23.9. The van der Waals surface area contributed by atoms with Crippen LogP contribution in [0.25, 0.3) is 11.0 Å². The number of para-hydroxylation sites is 2. The molecule has 1 fully saturated rings. The number of nitrogens with one attached hydrogen (secondary N) is 1. The van der Waals surface area contributed by atoms with E-state index < -0.39 is 0 Å². The average molecular weight is 462 g/mol. The van der Waals surface area contributed by atoms with Crippen LogP contribution in [0.2, 0.25) is 0 Å². The van der Waals surface area contributed by atoms with Crippen LogP contribution in [0.1, 0.15) is 43.5 Å². The van der Waals surface area contributed by atoms with Crippen LogP contribution in [0.3, 0.4) is 0 Å². The Kier molecular flexibility index (Phi) is 8.23. The number of methoxy groups -OCH3 is 1. The molecule has 0 saturated heterocycles. The summed E-state index contributed by atoms with van der Waals surface area (Å²) in [5.74, 6) is 3.08. The van der Waals surface area contributed by atoms with Crippen molar-refractivity contribution in [1.82, 2.24) is 14.9 Å². The van der Waals surface area contributed by atoms with Crippen LogP contribution in [-0.2, 0) is 24.2 Å². The van der Waals surface area contributed by atoms with E-state index in [0.717, 1.165) is 85.4 Å². The second-order valence-electron chi connectivity index (χ2n) is 8.87. The summed E-state index contributed by atoms with van der Waals surface area (Å²) in [7, 11) is 1.67. The second kappa shape index (κ2) is 11.7. The van der Waals surface area contributed by atoms with Gasteiger partial charge in [-0.25, -0.2) is 4.98 Å². The SMILES string of the molecule is C=CCc1ccc(OCCn2c(CCCCCNC(=O)C3CC3)nc3ccccc32)c(OC)c1. The zero-order chi connectivity index (χ0) is 23.8. The van der Waals surface area contributed by atoms with Crippen molar-refractivity contribution in [3.05, 3.63) is 66.5 Å². The molecule has 4 rings (SSSR count). The summed E-state index contributed by atoms with van der Waals surface area (Å²) in [4.78, 5) is 16.6. The first-order valence-electron chi connectivity index (χ1n) is 12.3. The Labute approximate surface area is 202 Å². The highest BCUT2D eigenvalue weighted by Gasteiger charge is 2.28. The number of aryl methyl sites for hydroxylation is 1. The van der Waals surface area contributed by atoms with Gasteiger partial charge in [0, 0.05) is 18.9 Å². The monoisotopic (exact) mass is 461 g/mol. The number of hydrogen-bond donors (Lipinski definition) is 1. The van der Waals surface area contributed by atoms with Gasteiger partial charge in [0.05, 0.1) is 24.7 Å². The third-order valence-electron chi connectivity index (χ3n) is 6.24. The molecule has 6 nitrogen and oxygen atoms in total. The highest BCUT2D eigenvalue weighted by Crippen LogP contribution is 2.29. The van der Waals surface area contributed by atoms with Gasteiger partial charge in [-0.05, 0) is 61.9 Å². The van der Waals surface area contributed by atoms with Gasteiger partial charge in [0.2, 0.25) is 5.91 Å². The van der Waals surface area contributed by atoms with E-state index in [1.165, 1.54) is 0 Å². The first-order valence-corrected chi connectivity index (χ1v) is 12.3. The minimum atomic E-state index is 0.230. The molecule has 0 aliphatic heterocycles. The third-order valence-corrected chi connectivity index (χ3v) is 6.24. The minimum absolute atomic E-state index is 0.230. The van der Waals surface area contributed by atoms with Crippen molar-refractivity contribution in [3.8, 4) is 11.5 Å². The Morgan fingerprint density at radius 1 is 1.18 bits per heavy atom. The highest BCUT2D eigenvalue weighted by molar-refractivity contribution is 5.80. The topological polar surface area (TPSA) is 65.4 Å². The van der Waals surface area contributed by atoms with Crippen LogP contribution < -0.4 is 14.8 Å². The van der Waals surface area contributed by atoms with Crippen LogP contribution in [0.5, 0.6) is 11.5 Å². The molecule has 0 bridgehead atoms. The van der Waals surface area contributed by atoms with Crippen molar-refractivity contribution in [2.45, 2.75) is 51.5 Å². The van der Waals surface area contributed by atoms with E-state index in [2.05, 4.69) is 34.7 Å². The molecule has 34 heavy (non-hydrogen) atoms. The number of carbonyl (C=O) groups excluding carboxylic acids is 1. The lowest BCUT2D eigenvalue weighted by atomic mass is 10.1. The van der Waals surface area contributed by atoms with Gasteiger partial charge in [-0.3, -0.25) is 4.79 Å². The van der Waals surface area contributed by atoms with Gasteiger partial charge in [0.25, 0.3) is 0 Å². The summed E-state index contributed by atoms with van der Waals surface area (Å²) < 4.78 is 13.9. The van der Waals surface area contributed by atoms with E-state index in [9.17, 15) is 4.79 Å². The number of carbonyl (C=O) groups is 1. The maximum atomic E-state index is 11.7. The van der Waals surface area contributed by atoms with Crippen molar-refractivity contribution in [2.24, 2.45) is 5.92 Å². The van der Waals surface area contributed by atoms with Crippen molar-refractivity contribution in [2.75, 3.05) is 20.3 Å². The molecule has 0 radical (unpaired) electrons. The smallest absolute Gasteiger partial charge is 0.223 e. The molecular formula is C28H35N3O3. The normalized spacial score (nSPS) is 13.1. The maximum absolute atomic E-state index is 11.7. The van der Waals surface area contributed by atoms with Crippen LogP contribution in [-0.4, -0.2) is 35.7 Å². The van der Waals surface area contributed by atoms with E-state index in [1.54, 1.807) is 7.11 Å². The molecule has 0 spiro atoms. The number of fused-ring (bicyclic) bond motifs is 1. The standard InChI is InChI=1S/C28H35N3O3/c1-3-9-21-13-16-25(26(20-21)33-2)34-19-18-31-24-11-7-6-10-23(24)30-27(31)12-5-4-8-17-29-28(32)22-14-15-22/h3,6-7,10-11,13,16,20,22H,1,4-5,8-9,12,14-15,17-19H2,2H3,(H,29,32). The maximum Gasteiger partial charge on any atom is 0.223 e. The Morgan fingerprint density at radius 3 is 2.82 bits per heavy atom. The molecule has 3 aromatic rings. The molecule has 2 aromatic carbocycles. The van der Waals surface area contributed by atoms with Gasteiger partial charge in [-0.1, -0.05) is 30.7 Å². The molecule has 1 aromatic heterocycles. The number of unbranched alkanes of at least 4 members (excludes halogenated alkanes) is 2. The van der Waals surface area contributed by atoms with Crippen LogP contribution in [0.15, 0.2) is 55.1 Å². The summed E-state index contributed by atoms with van der Waals surface area (Å²) in [6.45, 7) is 5.81. The van der Waals surface area contributed by atoms with Crippen molar-refractivity contribution < 1.29 is 14.3 Å². The lowest BCUT2D eigenvalue weighted by Gasteiger charge is -2.14. The molecule has 1 saturated carbocycles. The Hall–Kier alpha value is -3.28. The van der Waals surface area contributed by atoms with Gasteiger partial charge < -0.3 is 19.4 Å². The number of imidazole rings is 1. The molecule has 1 aliphatic rings. The summed E-state index contributed by atoms with van der Waals surface area (Å²) in [5.41, 5.74) is 3.29. The molecule has 180 valence electrons. The quantitative estimate of drug-likeness (QED) is 0.268. The molecule has 1 heterocycles. The Bertz CT molecular complexity index is 1120. The van der Waals surface area contributed by atoms with Crippen molar-refractivity contribution in [3.63, 3.8) is 0 Å². The van der Waals surface area contributed by atoms with E-state index in [4.69, 9.17) is 14.5 Å². The summed E-state index contributed by atoms with van der Waals surface area (Å²) >= 11 is 0. The minimum Gasteiger partial charge on any atom is -0.493 e. The fourth-order valence-electron chi connectivity index (χ4n) is 4.22. The lowest BCUT2D eigenvalue weighted by Crippen LogP contribution is -2.25. The number of benzene rings is 2. The molecule has 6 heteroatoms. The predicted octanol–water partition coefficient (Wildman–Crippen LogP) is 5.09. The Morgan fingerprint density at radius 2 is 2.03 bits per heavy atom. The third kappa shape index (κ3) is 6.19. The first-order chi connectivity index (χ1) is 16.7. The van der Waals surface area contributed by atoms with Gasteiger partial charge in [-0.15, -0.1) is 6.58 Å². The molecule has 1 amide bonds. The van der Waals surface area contributed by atoms with E-state index in [0.29, 0.717) is 13.2 Å². The molecule has 1 aliphatic carbocycles. The predicted molar refractivity (Wildman–Crippen MR) is 135 cm³/mol. The molecule has 0 unspecified atom stereocenters. The van der Waals surface area contributed by atoms with Gasteiger partial charge in [-0.2, -0.15) is 0 Å². The van der Waals surface area contributed by atoms with Crippen LogP contribution >= 0.6 is 0 Å². The zero-order valence-electron chi connectivity index (χ0n) is 20.1. The number of hydrogen-bond acceptors (Lipinski definition) is 4. The van der Waals surface area contributed by atoms with E-state index in [-0.39, 0.29) is 11.8 Å². The average Bonchev–Trinajstić information content (AvgIpc) is 3.65. The Balaban J connectivity index is 1.32. The largest absolute Gasteiger partial charge is 0.493 e. The molecular weight excluding hydrogens is 426 g/mol. The number of rotatable bonds is 14. The van der Waals surface area contributed by atoms with Gasteiger partial charge in [0.15, 0.2) is 11.5 Å². The lowest BCUT2D eigenvalue weighted by molar-refractivity contribution is -0.122. The highest BCUT2D eigenvalue weighted by atomic mass is 16.5. The van der Waals surface area contributed by atoms with E-state index in [1.807, 2.05) is 30.3 Å². The number of ether oxygens (including phenoxy) is 2. The molecule has 1 N–H and O–H groups in total. The second-order valence-corrected chi connectivity index (χ2v) is 8.87. The van der Waals surface area contributed by atoms with Gasteiger partial charge in [0.1, 0.15) is 12.4 Å². The van der Waals surface area contributed by atoms with Gasteiger partial charge >= 0.3 is 0 Å². The molecule has 0 atom stereocenters. The van der Waals surface area contributed by atoms with Crippen LogP contribution in [0, 0.1) is 5.92 Å². The number of nitrogens with zero attached hydrogens (tertiary/aromatic N) is 2. The van der Waals surface area contributed by atoms with E-state index >= 15 is 0 Å². The summed E-state index contributed by atoms with van der Waals surface area (Å²) in [6, 6.07) is 14.3. The van der Waals surface area contributed by atoms with Crippen LogP contribution in [0.4, 0.5) is 0 Å². The van der Waals surface area contributed by atoms with Crippen molar-refractivity contribution >= 4 is 16.9 Å². The summed E-state index contributed by atoms with van der Waals surface area (Å²) in [6.07, 6.45) is 8.81. The summed E-state index contributed by atoms with van der Waals surface area (Å²) in [5, 5.41) is 3.05.